The molecular formula is C10H9Cl2N5S. The molecule has 1 heterocycles. The van der Waals surface area contributed by atoms with Gasteiger partial charge in [-0.3, -0.25) is 0 Å². The van der Waals surface area contributed by atoms with Gasteiger partial charge in [0.1, 0.15) is 0 Å². The van der Waals surface area contributed by atoms with E-state index in [2.05, 4.69) is 15.5 Å². The monoisotopic (exact) mass is 301 g/mol. The summed E-state index contributed by atoms with van der Waals surface area (Å²) in [5.74, 6) is 0. The van der Waals surface area contributed by atoms with Crippen molar-refractivity contribution in [1.82, 2.24) is 20.2 Å². The van der Waals surface area contributed by atoms with Crippen LogP contribution in [0.5, 0.6) is 0 Å². The number of nitrogens with zero attached hydrogens (tertiary/aromatic N) is 4. The zero-order valence-corrected chi connectivity index (χ0v) is 11.5. The second-order valence-corrected chi connectivity index (χ2v) is 5.87. The Hall–Kier alpha value is -0.980. The lowest BCUT2D eigenvalue weighted by Gasteiger charge is -2.07. The molecule has 0 spiro atoms. The minimum atomic E-state index is 0.423. The average molecular weight is 302 g/mol. The molecule has 1 aliphatic rings. The van der Waals surface area contributed by atoms with Crippen LogP contribution in [-0.2, 0) is 0 Å². The van der Waals surface area contributed by atoms with E-state index in [0.29, 0.717) is 21.8 Å². The quantitative estimate of drug-likeness (QED) is 0.882. The molecule has 3 rings (SSSR count). The molecule has 1 aliphatic carbocycles. The number of aromatic nitrogens is 4. The molecule has 0 amide bonds. The Labute approximate surface area is 118 Å². The van der Waals surface area contributed by atoms with E-state index in [4.69, 9.17) is 28.9 Å². The van der Waals surface area contributed by atoms with E-state index in [9.17, 15) is 0 Å². The molecule has 1 fully saturated rings. The Balaban J connectivity index is 1.92. The average Bonchev–Trinajstić information content (AvgIpc) is 3.07. The molecule has 0 unspecified atom stereocenters. The number of nitrogens with two attached hydrogens (primary N) is 1. The molecule has 0 saturated heterocycles. The van der Waals surface area contributed by atoms with E-state index >= 15 is 0 Å². The zero-order chi connectivity index (χ0) is 12.7. The van der Waals surface area contributed by atoms with E-state index in [0.717, 1.165) is 22.9 Å². The summed E-state index contributed by atoms with van der Waals surface area (Å²) in [7, 11) is 0. The number of benzene rings is 1. The Bertz CT molecular complexity index is 596. The molecule has 94 valence electrons. The summed E-state index contributed by atoms with van der Waals surface area (Å²) in [4.78, 5) is 0.807. The second-order valence-electron chi connectivity index (χ2n) is 4.04. The number of hydrogen-bond acceptors (Lipinski definition) is 5. The highest BCUT2D eigenvalue weighted by molar-refractivity contribution is 7.99. The van der Waals surface area contributed by atoms with Crippen LogP contribution < -0.4 is 5.73 Å². The summed E-state index contributed by atoms with van der Waals surface area (Å²) in [5, 5.41) is 13.3. The van der Waals surface area contributed by atoms with Crippen molar-refractivity contribution in [2.75, 3.05) is 5.73 Å². The summed E-state index contributed by atoms with van der Waals surface area (Å²) >= 11 is 13.3. The van der Waals surface area contributed by atoms with Crippen LogP contribution in [0.3, 0.4) is 0 Å². The Morgan fingerprint density at radius 2 is 2.00 bits per heavy atom. The van der Waals surface area contributed by atoms with Gasteiger partial charge in [0.15, 0.2) is 0 Å². The fourth-order valence-electron chi connectivity index (χ4n) is 1.53. The summed E-state index contributed by atoms with van der Waals surface area (Å²) in [6, 6.07) is 3.79. The first-order valence-corrected chi connectivity index (χ1v) is 6.92. The minimum absolute atomic E-state index is 0.423. The van der Waals surface area contributed by atoms with Crippen molar-refractivity contribution in [3.05, 3.63) is 22.2 Å². The predicted molar refractivity (Wildman–Crippen MR) is 71.1 cm³/mol. The van der Waals surface area contributed by atoms with Crippen LogP contribution in [0.4, 0.5) is 5.69 Å². The molecule has 1 aromatic heterocycles. The van der Waals surface area contributed by atoms with Crippen molar-refractivity contribution in [2.45, 2.75) is 28.9 Å². The van der Waals surface area contributed by atoms with Gasteiger partial charge in [0, 0.05) is 10.6 Å². The molecule has 18 heavy (non-hydrogen) atoms. The maximum absolute atomic E-state index is 5.98. The normalized spacial score (nSPS) is 15.0. The summed E-state index contributed by atoms with van der Waals surface area (Å²) < 4.78 is 1.83. The van der Waals surface area contributed by atoms with Crippen LogP contribution in [0.2, 0.25) is 10.0 Å². The van der Waals surface area contributed by atoms with Crippen LogP contribution in [0.15, 0.2) is 22.2 Å². The van der Waals surface area contributed by atoms with Crippen molar-refractivity contribution >= 4 is 40.7 Å². The Morgan fingerprint density at radius 1 is 1.28 bits per heavy atom. The molecule has 0 aliphatic heterocycles. The number of tetrazole rings is 1. The smallest absolute Gasteiger partial charge is 0.214 e. The van der Waals surface area contributed by atoms with Gasteiger partial charge in [0.25, 0.3) is 0 Å². The highest BCUT2D eigenvalue weighted by atomic mass is 35.5. The summed E-state index contributed by atoms with van der Waals surface area (Å²) in [6.45, 7) is 0. The van der Waals surface area contributed by atoms with Gasteiger partial charge in [-0.2, -0.15) is 0 Å². The van der Waals surface area contributed by atoms with Gasteiger partial charge in [0.05, 0.1) is 16.1 Å². The van der Waals surface area contributed by atoms with Crippen molar-refractivity contribution in [1.29, 1.82) is 0 Å². The van der Waals surface area contributed by atoms with E-state index in [1.807, 2.05) is 4.68 Å². The summed E-state index contributed by atoms with van der Waals surface area (Å²) in [5.41, 5.74) is 6.48. The number of anilines is 1. The molecular weight excluding hydrogens is 293 g/mol. The van der Waals surface area contributed by atoms with Gasteiger partial charge < -0.3 is 5.73 Å². The van der Waals surface area contributed by atoms with E-state index in [1.54, 1.807) is 12.1 Å². The van der Waals surface area contributed by atoms with Gasteiger partial charge in [-0.1, -0.05) is 23.2 Å². The first kappa shape index (κ1) is 12.1. The van der Waals surface area contributed by atoms with Crippen molar-refractivity contribution in [3.63, 3.8) is 0 Å². The third-order valence-corrected chi connectivity index (χ3v) is 4.36. The molecule has 1 aromatic carbocycles. The van der Waals surface area contributed by atoms with Crippen LogP contribution in [0, 0.1) is 0 Å². The molecule has 5 nitrogen and oxygen atoms in total. The molecule has 1 saturated carbocycles. The largest absolute Gasteiger partial charge is 0.398 e. The SMILES string of the molecule is Nc1cc(Cl)c(Cl)cc1Sc1nnnn1C1CC1. The summed E-state index contributed by atoms with van der Waals surface area (Å²) in [6.07, 6.45) is 2.24. The van der Waals surface area contributed by atoms with Crippen LogP contribution in [0.25, 0.3) is 0 Å². The van der Waals surface area contributed by atoms with Crippen molar-refractivity contribution in [2.24, 2.45) is 0 Å². The third-order valence-electron chi connectivity index (χ3n) is 2.61. The highest BCUT2D eigenvalue weighted by Gasteiger charge is 2.28. The number of nitrogen functional groups attached to an aromatic ring is 1. The molecule has 8 heteroatoms. The fraction of sp³-hybridized carbons (Fsp3) is 0.300. The van der Waals surface area contributed by atoms with Crippen LogP contribution in [0.1, 0.15) is 18.9 Å². The maximum atomic E-state index is 5.98. The molecule has 0 bridgehead atoms. The van der Waals surface area contributed by atoms with Gasteiger partial charge in [-0.25, -0.2) is 4.68 Å². The van der Waals surface area contributed by atoms with Gasteiger partial charge in [0.2, 0.25) is 5.16 Å². The third kappa shape index (κ3) is 2.28. The molecule has 2 aromatic rings. The maximum Gasteiger partial charge on any atom is 0.214 e. The lowest BCUT2D eigenvalue weighted by atomic mass is 10.3. The topological polar surface area (TPSA) is 69.6 Å². The first-order chi connectivity index (χ1) is 8.65. The van der Waals surface area contributed by atoms with Gasteiger partial charge in [-0.15, -0.1) is 5.10 Å². The number of rotatable bonds is 3. The lowest BCUT2D eigenvalue weighted by molar-refractivity contribution is 0.565. The van der Waals surface area contributed by atoms with Crippen LogP contribution in [-0.4, -0.2) is 20.2 Å². The van der Waals surface area contributed by atoms with Gasteiger partial charge >= 0.3 is 0 Å². The standard InChI is InChI=1S/C10H9Cl2N5S/c11-6-3-8(13)9(4-7(6)12)18-10-14-15-16-17(10)5-1-2-5/h3-5H,1-2,13H2. The van der Waals surface area contributed by atoms with Gasteiger partial charge in [-0.05, 0) is 47.2 Å². The Kier molecular flexibility index (Phi) is 3.09. The van der Waals surface area contributed by atoms with E-state index in [1.165, 1.54) is 11.8 Å². The first-order valence-electron chi connectivity index (χ1n) is 5.35. The van der Waals surface area contributed by atoms with E-state index < -0.39 is 0 Å². The molecule has 0 radical (unpaired) electrons. The highest BCUT2D eigenvalue weighted by Crippen LogP contribution is 2.40. The van der Waals surface area contributed by atoms with E-state index in [-0.39, 0.29) is 0 Å². The fourth-order valence-corrected chi connectivity index (χ4v) is 2.84. The Morgan fingerprint density at radius 3 is 2.72 bits per heavy atom. The number of halogens is 2. The lowest BCUT2D eigenvalue weighted by Crippen LogP contribution is -1.99. The second kappa shape index (κ2) is 4.60. The molecule has 2 N–H and O–H groups in total. The number of hydrogen-bond donors (Lipinski definition) is 1. The molecule has 0 atom stereocenters. The van der Waals surface area contributed by atoms with Crippen LogP contribution >= 0.6 is 35.0 Å². The van der Waals surface area contributed by atoms with Crippen molar-refractivity contribution < 1.29 is 0 Å². The van der Waals surface area contributed by atoms with Crippen molar-refractivity contribution in [3.8, 4) is 0 Å². The predicted octanol–water partition coefficient (Wildman–Crippen LogP) is 3.05. The zero-order valence-electron chi connectivity index (χ0n) is 9.18. The minimum Gasteiger partial charge on any atom is -0.398 e.